The van der Waals surface area contributed by atoms with E-state index in [2.05, 4.69) is 38.2 Å². The molecule has 6 atom stereocenters. The minimum atomic E-state index is -4.60. The van der Waals surface area contributed by atoms with Crippen molar-refractivity contribution in [3.05, 3.63) is 24.3 Å². The number of ether oxygens (including phenoxy) is 4. The van der Waals surface area contributed by atoms with Crippen molar-refractivity contribution in [2.24, 2.45) is 0 Å². The molecule has 0 aromatic heterocycles. The summed E-state index contributed by atoms with van der Waals surface area (Å²) in [7, 11) is -4.60. The summed E-state index contributed by atoms with van der Waals surface area (Å²) in [5.74, 6) is -1.98. The van der Waals surface area contributed by atoms with Gasteiger partial charge in [0.25, 0.3) is 10.1 Å². The third-order valence-electron chi connectivity index (χ3n) is 12.3. The molecule has 1 heterocycles. The number of hydrogen-bond donors (Lipinski definition) is 4. The van der Waals surface area contributed by atoms with Crippen LogP contribution in [0, 0.1) is 0 Å². The van der Waals surface area contributed by atoms with Crippen LogP contribution in [0.15, 0.2) is 24.3 Å². The molecule has 0 amide bonds. The van der Waals surface area contributed by atoms with Gasteiger partial charge in [0.2, 0.25) is 0 Å². The average molecular weight is 945 g/mol. The molecule has 1 aliphatic rings. The Morgan fingerprint density at radius 1 is 0.523 bits per heavy atom. The molecule has 0 aromatic carbocycles. The number of carbonyl (C=O) groups excluding carboxylic acids is 2. The summed E-state index contributed by atoms with van der Waals surface area (Å²) in [5, 5.41) is 31.0. The third-order valence-corrected chi connectivity index (χ3v) is 13.0. The maximum Gasteiger partial charge on any atom is 0.306 e. The van der Waals surface area contributed by atoms with Crippen LogP contribution in [0.1, 0.15) is 239 Å². The maximum atomic E-state index is 12.9. The number of aliphatic hydroxyl groups excluding tert-OH is 3. The number of hydrogen-bond acceptors (Lipinski definition) is 11. The summed E-state index contributed by atoms with van der Waals surface area (Å²) in [6.07, 6.45) is 39.3. The Kier molecular flexibility index (Phi) is 39.7. The van der Waals surface area contributed by atoms with Gasteiger partial charge in [-0.2, -0.15) is 8.42 Å². The molecular weight excluding hydrogens is 849 g/mol. The van der Waals surface area contributed by atoms with E-state index >= 15 is 0 Å². The lowest BCUT2D eigenvalue weighted by atomic mass is 10.00. The van der Waals surface area contributed by atoms with E-state index in [1.165, 1.54) is 141 Å². The Balaban J connectivity index is 2.36. The Morgan fingerprint density at radius 2 is 0.923 bits per heavy atom. The number of aliphatic hydroxyl groups is 3. The second kappa shape index (κ2) is 42.2. The van der Waals surface area contributed by atoms with Gasteiger partial charge >= 0.3 is 11.9 Å². The first kappa shape index (κ1) is 61.1. The molecule has 1 rings (SSSR count). The number of esters is 2. The van der Waals surface area contributed by atoms with Gasteiger partial charge in [0.1, 0.15) is 36.8 Å². The van der Waals surface area contributed by atoms with Crippen LogP contribution in [-0.4, -0.2) is 96.0 Å². The minimum absolute atomic E-state index is 0.158. The van der Waals surface area contributed by atoms with Crippen molar-refractivity contribution >= 4 is 22.1 Å². The first-order chi connectivity index (χ1) is 31.5. The first-order valence-electron chi connectivity index (χ1n) is 26.4. The zero-order valence-corrected chi connectivity index (χ0v) is 41.9. The molecule has 0 aromatic rings. The summed E-state index contributed by atoms with van der Waals surface area (Å²) < 4.78 is 54.3. The van der Waals surface area contributed by atoms with Crippen molar-refractivity contribution in [1.82, 2.24) is 0 Å². The summed E-state index contributed by atoms with van der Waals surface area (Å²) in [6, 6.07) is 0. The largest absolute Gasteiger partial charge is 0.462 e. The first-order valence-corrected chi connectivity index (χ1v) is 28.0. The molecule has 1 aliphatic heterocycles. The van der Waals surface area contributed by atoms with Gasteiger partial charge in [0, 0.05) is 12.8 Å². The van der Waals surface area contributed by atoms with Crippen LogP contribution >= 0.6 is 0 Å². The number of carbonyl (C=O) groups is 2. The second-order valence-corrected chi connectivity index (χ2v) is 20.0. The van der Waals surface area contributed by atoms with Crippen molar-refractivity contribution in [2.75, 3.05) is 19.0 Å². The lowest BCUT2D eigenvalue weighted by Gasteiger charge is -2.40. The van der Waals surface area contributed by atoms with E-state index in [0.717, 1.165) is 57.8 Å². The summed E-state index contributed by atoms with van der Waals surface area (Å²) in [5.41, 5.74) is 0. The molecule has 0 saturated carbocycles. The molecule has 65 heavy (non-hydrogen) atoms. The second-order valence-electron chi connectivity index (χ2n) is 18.5. The van der Waals surface area contributed by atoms with Crippen LogP contribution < -0.4 is 0 Å². The van der Waals surface area contributed by atoms with E-state index in [0.29, 0.717) is 12.8 Å². The fraction of sp³-hybridized carbons (Fsp3) is 0.885. The molecule has 1 saturated heterocycles. The summed E-state index contributed by atoms with van der Waals surface area (Å²) in [6.45, 7) is 3.78. The van der Waals surface area contributed by atoms with Gasteiger partial charge in [-0.25, -0.2) is 0 Å². The van der Waals surface area contributed by atoms with Crippen LogP contribution in [0.25, 0.3) is 0 Å². The lowest BCUT2D eigenvalue weighted by molar-refractivity contribution is -0.297. The molecule has 0 bridgehead atoms. The predicted octanol–water partition coefficient (Wildman–Crippen LogP) is 12.0. The highest BCUT2D eigenvalue weighted by molar-refractivity contribution is 7.85. The van der Waals surface area contributed by atoms with E-state index in [-0.39, 0.29) is 19.4 Å². The molecule has 1 fully saturated rings. The van der Waals surface area contributed by atoms with Crippen LogP contribution in [0.2, 0.25) is 0 Å². The van der Waals surface area contributed by atoms with Crippen molar-refractivity contribution in [2.45, 2.75) is 275 Å². The van der Waals surface area contributed by atoms with Crippen LogP contribution in [-0.2, 0) is 38.7 Å². The highest BCUT2D eigenvalue weighted by atomic mass is 32.2. The maximum absolute atomic E-state index is 12.9. The van der Waals surface area contributed by atoms with Gasteiger partial charge in [-0.05, 0) is 44.9 Å². The molecule has 0 aliphatic carbocycles. The van der Waals surface area contributed by atoms with Crippen LogP contribution in [0.5, 0.6) is 0 Å². The fourth-order valence-corrected chi connectivity index (χ4v) is 8.87. The number of rotatable bonds is 45. The number of unbranched alkanes of at least 4 members (excludes halogenated alkanes) is 29. The van der Waals surface area contributed by atoms with Gasteiger partial charge in [0.05, 0.1) is 6.61 Å². The van der Waals surface area contributed by atoms with Gasteiger partial charge in [0.15, 0.2) is 12.4 Å². The van der Waals surface area contributed by atoms with Crippen LogP contribution in [0.3, 0.4) is 0 Å². The standard InChI is InChI=1S/C52H96O12S/c1-3-5-7-9-11-13-15-17-19-21-23-25-26-28-30-32-34-36-38-40-47(53)61-42-45(43-62-52-51(57)50(56)49(55)46(64-52)44-65(58,59)60)63-48(54)41-39-37-35-33-31-29-27-24-22-20-18-16-14-12-10-8-6-4-2/h14,16,20,22,45-46,49-52,55-57H,3-13,15,17-19,21,23-44H2,1-2H3,(H,58,59,60)/b16-14-,22-20-. The van der Waals surface area contributed by atoms with Gasteiger partial charge < -0.3 is 34.3 Å². The van der Waals surface area contributed by atoms with Crippen molar-refractivity contribution in [1.29, 1.82) is 0 Å². The normalized spacial score (nSPS) is 19.6. The molecule has 0 spiro atoms. The third kappa shape index (κ3) is 36.8. The summed E-state index contributed by atoms with van der Waals surface area (Å²) in [4.78, 5) is 25.5. The lowest BCUT2D eigenvalue weighted by Crippen LogP contribution is -2.60. The van der Waals surface area contributed by atoms with E-state index in [1.54, 1.807) is 0 Å². The highest BCUT2D eigenvalue weighted by Crippen LogP contribution is 2.24. The van der Waals surface area contributed by atoms with Gasteiger partial charge in [-0.15, -0.1) is 0 Å². The van der Waals surface area contributed by atoms with E-state index < -0.39 is 71.2 Å². The number of allylic oxidation sites excluding steroid dienone is 4. The van der Waals surface area contributed by atoms with Crippen molar-refractivity contribution in [3.8, 4) is 0 Å². The molecule has 0 radical (unpaired) electrons. The topological polar surface area (TPSA) is 186 Å². The SMILES string of the molecule is CCCCCC/C=C\C/C=C\CCCCCCCCCC(=O)OC(COC(=O)CCCCCCCCCCCCCCCCCCCCC)COC1OC(CS(=O)(=O)O)C(O)C(O)C1O. The van der Waals surface area contributed by atoms with Crippen LogP contribution in [0.4, 0.5) is 0 Å². The quantitative estimate of drug-likeness (QED) is 0.0196. The van der Waals surface area contributed by atoms with Crippen molar-refractivity contribution < 1.29 is 56.8 Å². The predicted molar refractivity (Wildman–Crippen MR) is 261 cm³/mol. The highest BCUT2D eigenvalue weighted by Gasteiger charge is 2.46. The molecule has 382 valence electrons. The molecule has 12 nitrogen and oxygen atoms in total. The Morgan fingerprint density at radius 3 is 1.37 bits per heavy atom. The average Bonchev–Trinajstić information content (AvgIpc) is 3.27. The van der Waals surface area contributed by atoms with E-state index in [9.17, 15) is 37.9 Å². The molecular formula is C52H96O12S. The van der Waals surface area contributed by atoms with E-state index in [4.69, 9.17) is 18.9 Å². The molecule has 4 N–H and O–H groups in total. The summed E-state index contributed by atoms with van der Waals surface area (Å²) >= 11 is 0. The molecule has 13 heteroatoms. The monoisotopic (exact) mass is 945 g/mol. The molecule has 6 unspecified atom stereocenters. The Labute approximate surface area is 396 Å². The van der Waals surface area contributed by atoms with Gasteiger partial charge in [-0.1, -0.05) is 205 Å². The zero-order chi connectivity index (χ0) is 47.6. The van der Waals surface area contributed by atoms with Crippen molar-refractivity contribution in [3.63, 3.8) is 0 Å². The minimum Gasteiger partial charge on any atom is -0.462 e. The zero-order valence-electron chi connectivity index (χ0n) is 41.1. The smallest absolute Gasteiger partial charge is 0.306 e. The fourth-order valence-electron chi connectivity index (χ4n) is 8.18. The van der Waals surface area contributed by atoms with Gasteiger partial charge in [-0.3, -0.25) is 14.1 Å². The Bertz CT molecular complexity index is 1290. The van der Waals surface area contributed by atoms with E-state index in [1.807, 2.05) is 0 Å². The Hall–Kier alpha value is -1.87.